The Bertz CT molecular complexity index is 486. The van der Waals surface area contributed by atoms with Crippen LogP contribution in [0.25, 0.3) is 0 Å². The van der Waals surface area contributed by atoms with Gasteiger partial charge in [0, 0.05) is 11.1 Å². The average molecular weight is 358 g/mol. The molecule has 1 amide bonds. The van der Waals surface area contributed by atoms with Gasteiger partial charge in [-0.1, -0.05) is 26.5 Å². The highest BCUT2D eigenvalue weighted by atomic mass is 16.5. The summed E-state index contributed by atoms with van der Waals surface area (Å²) >= 11 is 0. The van der Waals surface area contributed by atoms with Gasteiger partial charge < -0.3 is 14.6 Å². The van der Waals surface area contributed by atoms with Crippen molar-refractivity contribution in [3.05, 3.63) is 24.3 Å². The third kappa shape index (κ3) is 11.9. The van der Waals surface area contributed by atoms with Crippen LogP contribution in [0.5, 0.6) is 0 Å². The molecule has 1 unspecified atom stereocenters. The molecule has 1 atom stereocenters. The highest BCUT2D eigenvalue weighted by molar-refractivity contribution is 5.87. The van der Waals surface area contributed by atoms with Crippen LogP contribution in [0.15, 0.2) is 24.3 Å². The van der Waals surface area contributed by atoms with Crippen LogP contribution < -0.4 is 0 Å². The SMILES string of the molecule is C=C(C)C(=O)OCCCC.C=C(C)C(=O)OCC[N+](C)(CC)C(=O)O. The van der Waals surface area contributed by atoms with Crippen LogP contribution in [0.4, 0.5) is 4.79 Å². The summed E-state index contributed by atoms with van der Waals surface area (Å²) in [6.45, 7) is 15.2. The van der Waals surface area contributed by atoms with Crippen LogP contribution in [0.2, 0.25) is 0 Å². The van der Waals surface area contributed by atoms with Gasteiger partial charge in [0.15, 0.2) is 0 Å². The van der Waals surface area contributed by atoms with E-state index in [1.54, 1.807) is 27.8 Å². The number of ether oxygens (including phenoxy) is 2. The van der Waals surface area contributed by atoms with E-state index in [9.17, 15) is 14.4 Å². The lowest BCUT2D eigenvalue weighted by Gasteiger charge is -2.26. The maximum Gasteiger partial charge on any atom is 0.513 e. The zero-order valence-corrected chi connectivity index (χ0v) is 16.1. The van der Waals surface area contributed by atoms with Gasteiger partial charge in [-0.15, -0.1) is 0 Å². The lowest BCUT2D eigenvalue weighted by Crippen LogP contribution is -2.50. The van der Waals surface area contributed by atoms with E-state index in [2.05, 4.69) is 20.1 Å². The first-order valence-corrected chi connectivity index (χ1v) is 8.25. The fraction of sp³-hybridized carbons (Fsp3) is 0.611. The monoisotopic (exact) mass is 358 g/mol. The fourth-order valence-corrected chi connectivity index (χ4v) is 1.28. The molecule has 0 aromatic rings. The summed E-state index contributed by atoms with van der Waals surface area (Å²) < 4.78 is 9.48. The van der Waals surface area contributed by atoms with Gasteiger partial charge in [-0.05, 0) is 27.2 Å². The standard InChI is InChI=1S/C10H17NO4.C8H14O2/c1-5-11(4,10(13)14)6-7-15-9(12)8(2)3;1-4-5-6-10-8(9)7(2)3/h2,5-7H2,1,3-4H3;2,4-6H2,1,3H3/p+1. The van der Waals surface area contributed by atoms with Gasteiger partial charge in [-0.25, -0.2) is 14.1 Å². The Labute approximate surface area is 150 Å². The number of carboxylic acid groups (broad SMARTS) is 1. The van der Waals surface area contributed by atoms with Crippen LogP contribution in [-0.4, -0.2) is 61.0 Å². The third-order valence-electron chi connectivity index (χ3n) is 3.41. The van der Waals surface area contributed by atoms with Crippen LogP contribution >= 0.6 is 0 Å². The molecule has 0 rings (SSSR count). The van der Waals surface area contributed by atoms with Crippen molar-refractivity contribution < 1.29 is 33.4 Å². The van der Waals surface area contributed by atoms with Crippen molar-refractivity contribution in [1.29, 1.82) is 0 Å². The molecule has 0 bridgehead atoms. The van der Waals surface area contributed by atoms with E-state index in [-0.39, 0.29) is 23.6 Å². The number of carbonyl (C=O) groups is 3. The maximum absolute atomic E-state index is 11.0. The molecule has 0 fully saturated rings. The second kappa shape index (κ2) is 13.2. The van der Waals surface area contributed by atoms with Gasteiger partial charge >= 0.3 is 18.0 Å². The number of likely N-dealkylation sites (N-methyl/N-ethyl adjacent to an activating group) is 1. The lowest BCUT2D eigenvalue weighted by atomic mass is 10.3. The van der Waals surface area contributed by atoms with E-state index in [0.29, 0.717) is 24.3 Å². The minimum atomic E-state index is -0.927. The van der Waals surface area contributed by atoms with Crippen molar-refractivity contribution in [2.24, 2.45) is 0 Å². The summed E-state index contributed by atoms with van der Waals surface area (Å²) in [5, 5.41) is 8.92. The number of esters is 2. The molecule has 0 radical (unpaired) electrons. The van der Waals surface area contributed by atoms with Gasteiger partial charge in [0.1, 0.15) is 13.2 Å². The second-order valence-corrected chi connectivity index (χ2v) is 5.90. The van der Waals surface area contributed by atoms with Gasteiger partial charge in [0.25, 0.3) is 0 Å². The number of hydrogen-bond acceptors (Lipinski definition) is 5. The van der Waals surface area contributed by atoms with Crippen molar-refractivity contribution >= 4 is 18.0 Å². The Balaban J connectivity index is 0. The molecule has 0 saturated heterocycles. The molecule has 0 aromatic carbocycles. The second-order valence-electron chi connectivity index (χ2n) is 5.90. The van der Waals surface area contributed by atoms with Gasteiger partial charge in [-0.3, -0.25) is 0 Å². The molecule has 0 aromatic heterocycles. The van der Waals surface area contributed by atoms with E-state index in [0.717, 1.165) is 12.8 Å². The van der Waals surface area contributed by atoms with E-state index < -0.39 is 12.1 Å². The number of nitrogens with zero attached hydrogens (tertiary/aromatic N) is 1. The Kier molecular flexibility index (Phi) is 13.2. The van der Waals surface area contributed by atoms with E-state index >= 15 is 0 Å². The molecule has 144 valence electrons. The molecule has 0 heterocycles. The van der Waals surface area contributed by atoms with Crippen molar-refractivity contribution in [2.75, 3.05) is 33.4 Å². The summed E-state index contributed by atoms with van der Waals surface area (Å²) in [5.74, 6) is -0.767. The Morgan fingerprint density at radius 1 is 0.960 bits per heavy atom. The Morgan fingerprint density at radius 2 is 1.40 bits per heavy atom. The third-order valence-corrected chi connectivity index (χ3v) is 3.41. The summed E-state index contributed by atoms with van der Waals surface area (Å²) in [6.07, 6.45) is 1.05. The topological polar surface area (TPSA) is 89.9 Å². The molecular weight excluding hydrogens is 326 g/mol. The summed E-state index contributed by atoms with van der Waals surface area (Å²) in [4.78, 5) is 32.6. The van der Waals surface area contributed by atoms with Crippen molar-refractivity contribution in [3.8, 4) is 0 Å². The number of unbranched alkanes of at least 4 members (excludes halogenated alkanes) is 1. The Morgan fingerprint density at radius 3 is 1.72 bits per heavy atom. The molecule has 1 N–H and O–H groups in total. The van der Waals surface area contributed by atoms with Crippen molar-refractivity contribution in [2.45, 2.75) is 40.5 Å². The molecule has 25 heavy (non-hydrogen) atoms. The fourth-order valence-electron chi connectivity index (χ4n) is 1.28. The maximum atomic E-state index is 11.0. The molecule has 0 aliphatic heterocycles. The van der Waals surface area contributed by atoms with Crippen LogP contribution in [0.1, 0.15) is 40.5 Å². The van der Waals surface area contributed by atoms with E-state index in [1.165, 1.54) is 0 Å². The first-order chi connectivity index (χ1) is 11.5. The van der Waals surface area contributed by atoms with Crippen LogP contribution in [0.3, 0.4) is 0 Å². The Hall–Kier alpha value is -2.15. The van der Waals surface area contributed by atoms with E-state index in [4.69, 9.17) is 14.6 Å². The first kappa shape index (κ1) is 25.1. The van der Waals surface area contributed by atoms with Gasteiger partial charge in [0.05, 0.1) is 20.2 Å². The summed E-state index contributed by atoms with van der Waals surface area (Å²) in [6, 6.07) is 0. The predicted molar refractivity (Wildman–Crippen MR) is 96.1 cm³/mol. The minimum Gasteiger partial charge on any atom is -0.462 e. The molecule has 0 aliphatic carbocycles. The normalized spacial score (nSPS) is 12.0. The smallest absolute Gasteiger partial charge is 0.462 e. The molecule has 0 aliphatic rings. The van der Waals surface area contributed by atoms with E-state index in [1.807, 2.05) is 0 Å². The lowest BCUT2D eigenvalue weighted by molar-refractivity contribution is -0.835. The molecule has 0 spiro atoms. The van der Waals surface area contributed by atoms with Crippen LogP contribution in [0, 0.1) is 0 Å². The van der Waals surface area contributed by atoms with Crippen molar-refractivity contribution in [3.63, 3.8) is 0 Å². The highest BCUT2D eigenvalue weighted by Gasteiger charge is 2.29. The number of hydrogen-bond donors (Lipinski definition) is 1. The number of rotatable bonds is 9. The van der Waals surface area contributed by atoms with Crippen molar-refractivity contribution in [1.82, 2.24) is 0 Å². The largest absolute Gasteiger partial charge is 0.513 e. The first-order valence-electron chi connectivity index (χ1n) is 8.25. The average Bonchev–Trinajstić information content (AvgIpc) is 2.54. The zero-order valence-electron chi connectivity index (χ0n) is 16.1. The van der Waals surface area contributed by atoms with Gasteiger partial charge in [0.2, 0.25) is 0 Å². The number of amides is 1. The van der Waals surface area contributed by atoms with Gasteiger partial charge in [-0.2, -0.15) is 4.79 Å². The van der Waals surface area contributed by atoms with Crippen LogP contribution in [-0.2, 0) is 19.1 Å². The predicted octanol–water partition coefficient (Wildman–Crippen LogP) is 3.16. The quantitative estimate of drug-likeness (QED) is 0.295. The summed E-state index contributed by atoms with van der Waals surface area (Å²) in [5.41, 5.74) is 0.784. The zero-order chi connectivity index (χ0) is 20.0. The molecule has 7 heteroatoms. The minimum absolute atomic E-state index is 0.0856. The number of quaternary nitrogens is 1. The number of carbonyl (C=O) groups excluding carboxylic acids is 2. The molecule has 0 saturated carbocycles. The molecule has 7 nitrogen and oxygen atoms in total. The molecular formula is C18H32NO6+. The highest BCUT2D eigenvalue weighted by Crippen LogP contribution is 2.03. The summed E-state index contributed by atoms with van der Waals surface area (Å²) in [7, 11) is 1.58.